The zero-order valence-electron chi connectivity index (χ0n) is 16.6. The first-order valence-electron chi connectivity index (χ1n) is 9.20. The number of carbonyl (C=O) groups excluding carboxylic acids is 3. The Balaban J connectivity index is 2.05. The average Bonchev–Trinajstić information content (AvgIpc) is 2.68. The Hall–Kier alpha value is -3.42. The van der Waals surface area contributed by atoms with Crippen LogP contribution in [0.5, 0.6) is 0 Å². The number of nitrogens with zero attached hydrogens (tertiary/aromatic N) is 1. The van der Waals surface area contributed by atoms with Gasteiger partial charge in [-0.3, -0.25) is 19.0 Å². The van der Waals surface area contributed by atoms with Crippen LogP contribution in [0.25, 0.3) is 0 Å². The van der Waals surface area contributed by atoms with Crippen LogP contribution in [0, 0.1) is 5.41 Å². The molecule has 0 atom stereocenters. The SMILES string of the molecule is COC(=O)NCn1c2c(cc(NC(=O)c3ccccc3)c1=O)C(=O)CC(C)(C)C2. The molecule has 0 saturated carbocycles. The normalized spacial score (nSPS) is 14.7. The molecular formula is C21H23N3O5. The first-order chi connectivity index (χ1) is 13.7. The van der Waals surface area contributed by atoms with Gasteiger partial charge in [-0.25, -0.2) is 4.79 Å². The van der Waals surface area contributed by atoms with E-state index in [0.717, 1.165) is 0 Å². The molecule has 0 spiro atoms. The van der Waals surface area contributed by atoms with Crippen molar-refractivity contribution in [3.63, 3.8) is 0 Å². The Morgan fingerprint density at radius 2 is 1.83 bits per heavy atom. The monoisotopic (exact) mass is 397 g/mol. The van der Waals surface area contributed by atoms with Crippen molar-refractivity contribution in [3.05, 3.63) is 63.6 Å². The highest BCUT2D eigenvalue weighted by atomic mass is 16.5. The lowest BCUT2D eigenvalue weighted by atomic mass is 9.75. The molecule has 0 radical (unpaired) electrons. The second-order valence-corrected chi connectivity index (χ2v) is 7.74. The van der Waals surface area contributed by atoms with Crippen molar-refractivity contribution in [2.24, 2.45) is 5.41 Å². The number of hydrogen-bond donors (Lipinski definition) is 2. The van der Waals surface area contributed by atoms with Crippen molar-refractivity contribution >= 4 is 23.5 Å². The van der Waals surface area contributed by atoms with Crippen molar-refractivity contribution in [1.29, 1.82) is 0 Å². The van der Waals surface area contributed by atoms with Gasteiger partial charge >= 0.3 is 6.09 Å². The van der Waals surface area contributed by atoms with E-state index in [-0.39, 0.29) is 23.6 Å². The molecule has 152 valence electrons. The van der Waals surface area contributed by atoms with Crippen molar-refractivity contribution in [1.82, 2.24) is 9.88 Å². The number of anilines is 1. The lowest BCUT2D eigenvalue weighted by Crippen LogP contribution is -2.40. The number of alkyl carbamates (subject to hydrolysis) is 1. The van der Waals surface area contributed by atoms with Crippen LogP contribution in [-0.4, -0.2) is 29.5 Å². The lowest BCUT2D eigenvalue weighted by molar-refractivity contribution is 0.0906. The standard InChI is InChI=1S/C21H23N3O5/c1-21(2)10-16-14(17(25)11-21)9-15(19(27)24(16)12-22-20(28)29-3)23-18(26)13-7-5-4-6-8-13/h4-9H,10-12H2,1-3H3,(H,22,28)(H,23,26). The molecule has 8 heteroatoms. The van der Waals surface area contributed by atoms with Crippen LogP contribution in [0.15, 0.2) is 41.2 Å². The molecule has 0 aliphatic heterocycles. The van der Waals surface area contributed by atoms with Crippen molar-refractivity contribution in [2.75, 3.05) is 12.4 Å². The number of Topliss-reactive ketones (excluding diaryl/α,β-unsaturated/α-hetero) is 1. The molecule has 8 nitrogen and oxygen atoms in total. The number of aromatic nitrogens is 1. The third-order valence-corrected chi connectivity index (χ3v) is 4.84. The van der Waals surface area contributed by atoms with Gasteiger partial charge in [0.2, 0.25) is 0 Å². The molecule has 1 aliphatic carbocycles. The summed E-state index contributed by atoms with van der Waals surface area (Å²) in [6.07, 6.45) is 0.110. The highest BCUT2D eigenvalue weighted by Crippen LogP contribution is 2.34. The fraction of sp³-hybridized carbons (Fsp3) is 0.333. The largest absolute Gasteiger partial charge is 0.453 e. The number of ketones is 1. The van der Waals surface area contributed by atoms with Gasteiger partial charge < -0.3 is 15.4 Å². The molecule has 1 aromatic heterocycles. The fourth-order valence-corrected chi connectivity index (χ4v) is 3.44. The maximum atomic E-state index is 13.1. The summed E-state index contributed by atoms with van der Waals surface area (Å²) in [5.74, 6) is -0.572. The Morgan fingerprint density at radius 3 is 2.48 bits per heavy atom. The molecule has 0 bridgehead atoms. The summed E-state index contributed by atoms with van der Waals surface area (Å²) in [5.41, 5.74) is 0.450. The predicted octanol–water partition coefficient (Wildman–Crippen LogP) is 2.57. The van der Waals surface area contributed by atoms with E-state index in [2.05, 4.69) is 15.4 Å². The summed E-state index contributed by atoms with van der Waals surface area (Å²) in [7, 11) is 1.22. The van der Waals surface area contributed by atoms with Crippen LogP contribution < -0.4 is 16.2 Å². The zero-order valence-corrected chi connectivity index (χ0v) is 16.6. The molecule has 0 fully saturated rings. The number of carbonyl (C=O) groups is 3. The predicted molar refractivity (Wildman–Crippen MR) is 107 cm³/mol. The van der Waals surface area contributed by atoms with Crippen LogP contribution >= 0.6 is 0 Å². The molecular weight excluding hydrogens is 374 g/mol. The molecule has 0 unspecified atom stereocenters. The lowest BCUT2D eigenvalue weighted by Gasteiger charge is -2.32. The van der Waals surface area contributed by atoms with Gasteiger partial charge in [0.25, 0.3) is 11.5 Å². The Bertz CT molecular complexity index is 1020. The van der Waals surface area contributed by atoms with Gasteiger partial charge in [-0.05, 0) is 30.0 Å². The van der Waals surface area contributed by atoms with E-state index in [4.69, 9.17) is 0 Å². The number of hydrogen-bond acceptors (Lipinski definition) is 5. The van der Waals surface area contributed by atoms with Crippen LogP contribution in [-0.2, 0) is 17.8 Å². The minimum atomic E-state index is -0.703. The zero-order chi connectivity index (χ0) is 21.2. The first kappa shape index (κ1) is 20.3. The first-order valence-corrected chi connectivity index (χ1v) is 9.20. The smallest absolute Gasteiger partial charge is 0.408 e. The van der Waals surface area contributed by atoms with E-state index in [9.17, 15) is 19.2 Å². The van der Waals surface area contributed by atoms with Gasteiger partial charge in [0.1, 0.15) is 12.4 Å². The maximum absolute atomic E-state index is 13.1. The minimum Gasteiger partial charge on any atom is -0.453 e. The van der Waals surface area contributed by atoms with E-state index in [1.807, 2.05) is 13.8 Å². The number of ether oxygens (including phenoxy) is 1. The number of fused-ring (bicyclic) bond motifs is 1. The van der Waals surface area contributed by atoms with E-state index >= 15 is 0 Å². The molecule has 1 aromatic carbocycles. The van der Waals surface area contributed by atoms with Gasteiger partial charge in [0.15, 0.2) is 5.78 Å². The summed E-state index contributed by atoms with van der Waals surface area (Å²) in [4.78, 5) is 49.8. The van der Waals surface area contributed by atoms with E-state index in [1.165, 1.54) is 17.7 Å². The Morgan fingerprint density at radius 1 is 1.14 bits per heavy atom. The van der Waals surface area contributed by atoms with Crippen LogP contribution in [0.1, 0.15) is 46.7 Å². The number of nitrogens with one attached hydrogen (secondary N) is 2. The second kappa shape index (κ2) is 7.90. The van der Waals surface area contributed by atoms with Gasteiger partial charge in [-0.2, -0.15) is 0 Å². The van der Waals surface area contributed by atoms with Crippen LogP contribution in [0.3, 0.4) is 0 Å². The van der Waals surface area contributed by atoms with Crippen LogP contribution in [0.4, 0.5) is 10.5 Å². The molecule has 2 N–H and O–H groups in total. The van der Waals surface area contributed by atoms with Gasteiger partial charge in [-0.1, -0.05) is 32.0 Å². The molecule has 2 aromatic rings. The summed E-state index contributed by atoms with van der Waals surface area (Å²) in [6, 6.07) is 9.89. The Labute approximate surface area is 167 Å². The molecule has 1 heterocycles. The van der Waals surface area contributed by atoms with Gasteiger partial charge in [-0.15, -0.1) is 0 Å². The summed E-state index contributed by atoms with van der Waals surface area (Å²) in [6.45, 7) is 3.72. The molecule has 2 amide bonds. The third kappa shape index (κ3) is 4.37. The maximum Gasteiger partial charge on any atom is 0.408 e. The molecule has 0 saturated heterocycles. The Kier molecular flexibility index (Phi) is 5.54. The number of amides is 2. The molecule has 1 aliphatic rings. The minimum absolute atomic E-state index is 0.0164. The van der Waals surface area contributed by atoms with Crippen molar-refractivity contribution in [2.45, 2.75) is 33.4 Å². The molecule has 3 rings (SSSR count). The molecule has 29 heavy (non-hydrogen) atoms. The summed E-state index contributed by atoms with van der Waals surface area (Å²) < 4.78 is 5.88. The highest BCUT2D eigenvalue weighted by Gasteiger charge is 2.34. The van der Waals surface area contributed by atoms with Gasteiger partial charge in [0, 0.05) is 23.2 Å². The number of rotatable bonds is 4. The third-order valence-electron chi connectivity index (χ3n) is 4.84. The van der Waals surface area contributed by atoms with Crippen molar-refractivity contribution < 1.29 is 19.1 Å². The van der Waals surface area contributed by atoms with E-state index < -0.39 is 17.6 Å². The highest BCUT2D eigenvalue weighted by molar-refractivity contribution is 6.05. The topological polar surface area (TPSA) is 106 Å². The number of pyridine rings is 1. The van der Waals surface area contributed by atoms with Crippen molar-refractivity contribution in [3.8, 4) is 0 Å². The van der Waals surface area contributed by atoms with Gasteiger partial charge in [0.05, 0.1) is 7.11 Å². The summed E-state index contributed by atoms with van der Waals surface area (Å²) >= 11 is 0. The van der Waals surface area contributed by atoms with Crippen LogP contribution in [0.2, 0.25) is 0 Å². The average molecular weight is 397 g/mol. The number of benzene rings is 1. The summed E-state index contributed by atoms with van der Waals surface area (Å²) in [5, 5.41) is 5.06. The second-order valence-electron chi connectivity index (χ2n) is 7.74. The van der Waals surface area contributed by atoms with E-state index in [0.29, 0.717) is 29.7 Å². The quantitative estimate of drug-likeness (QED) is 0.825. The van der Waals surface area contributed by atoms with E-state index in [1.54, 1.807) is 30.3 Å². The number of methoxy groups -OCH3 is 1. The fourth-order valence-electron chi connectivity index (χ4n) is 3.44.